The van der Waals surface area contributed by atoms with Crippen molar-refractivity contribution in [3.63, 3.8) is 0 Å². The second-order valence-electron chi connectivity index (χ2n) is 3.47. The summed E-state index contributed by atoms with van der Waals surface area (Å²) in [5, 5.41) is 7.54. The topological polar surface area (TPSA) is 43.1 Å². The maximum absolute atomic E-state index is 12.9. The molecular weight excluding hydrogens is 293 g/mol. The zero-order valence-corrected chi connectivity index (χ0v) is 11.0. The summed E-state index contributed by atoms with van der Waals surface area (Å²) in [7, 11) is 1.41. The molecule has 0 amide bonds. The highest BCUT2D eigenvalue weighted by Crippen LogP contribution is 2.46. The van der Waals surface area contributed by atoms with E-state index in [4.69, 9.17) is 0 Å². The first kappa shape index (κ1) is 17.1. The molecule has 1 aromatic carbocycles. The zero-order chi connectivity index (χ0) is 13.3. The Labute approximate surface area is 109 Å². The van der Waals surface area contributed by atoms with Gasteiger partial charge in [0.1, 0.15) is 5.82 Å². The maximum Gasteiger partial charge on any atom is 0.408 e. The highest BCUT2D eigenvalue weighted by molar-refractivity contribution is 7.59. The van der Waals surface area contributed by atoms with Gasteiger partial charge in [0.15, 0.2) is 5.16 Å². The van der Waals surface area contributed by atoms with Crippen LogP contribution in [0.15, 0.2) is 24.3 Å². The van der Waals surface area contributed by atoms with Crippen LogP contribution < -0.4 is 0 Å². The number of benzene rings is 1. The third-order valence-electron chi connectivity index (χ3n) is 2.22. The molecule has 0 N–H and O–H groups in total. The number of rotatable bonds is 3. The van der Waals surface area contributed by atoms with Gasteiger partial charge in [0.2, 0.25) is 6.54 Å². The predicted octanol–water partition coefficient (Wildman–Crippen LogP) is 2.85. The molecule has 102 valence electrons. The van der Waals surface area contributed by atoms with Gasteiger partial charge < -0.3 is 0 Å². The van der Waals surface area contributed by atoms with E-state index in [1.165, 1.54) is 9.24 Å². The van der Waals surface area contributed by atoms with E-state index in [-0.39, 0.29) is 13.5 Å². The van der Waals surface area contributed by atoms with E-state index < -0.39 is 34.2 Å². The van der Waals surface area contributed by atoms with Crippen molar-refractivity contribution in [1.29, 1.82) is 0 Å². The van der Waals surface area contributed by atoms with E-state index in [2.05, 4.69) is 0 Å². The van der Waals surface area contributed by atoms with Gasteiger partial charge in [0.05, 0.1) is 0 Å². The number of nitro groups is 1. The Balaban J connectivity index is 0.00000289. The molecule has 1 aromatic rings. The fourth-order valence-corrected chi connectivity index (χ4v) is 1.64. The molecule has 1 rings (SSSR count). The molecule has 0 bridgehead atoms. The third-order valence-corrected chi connectivity index (χ3v) is 3.07. The van der Waals surface area contributed by atoms with Crippen LogP contribution in [0.2, 0.25) is 0 Å². The van der Waals surface area contributed by atoms with Crippen LogP contribution in [0.4, 0.5) is 17.6 Å². The van der Waals surface area contributed by atoms with Gasteiger partial charge in [0.25, 0.3) is 0 Å². The average molecular weight is 303 g/mol. The molecule has 0 fully saturated rings. The van der Waals surface area contributed by atoms with Crippen LogP contribution in [0.1, 0.15) is 5.56 Å². The lowest BCUT2D eigenvalue weighted by molar-refractivity contribution is -0.494. The average Bonchev–Trinajstić information content (AvgIpc) is 2.14. The molecule has 0 aromatic heterocycles. The Bertz CT molecular complexity index is 443. The van der Waals surface area contributed by atoms with Crippen molar-refractivity contribution in [3.8, 4) is 0 Å². The first-order chi connectivity index (χ1) is 7.67. The molecule has 0 radical (unpaired) electrons. The van der Waals surface area contributed by atoms with E-state index in [9.17, 15) is 27.7 Å². The van der Waals surface area contributed by atoms with Gasteiger partial charge in [-0.25, -0.2) is 4.39 Å². The lowest BCUT2D eigenvalue weighted by Crippen LogP contribution is -2.42. The number of hydrogen-bond donors (Lipinski definition) is 0. The molecular formula is C9H10F4NO2PS. The Morgan fingerprint density at radius 2 is 1.89 bits per heavy atom. The first-order valence-electron chi connectivity index (χ1n) is 4.40. The monoisotopic (exact) mass is 303 g/mol. The number of alkyl halides is 3. The number of hydrogen-bond acceptors (Lipinski definition) is 2. The van der Waals surface area contributed by atoms with E-state index in [0.717, 1.165) is 18.2 Å². The summed E-state index contributed by atoms with van der Waals surface area (Å²) in [6.45, 7) is -1.37. The molecule has 2 unspecified atom stereocenters. The Kier molecular flexibility index (Phi) is 5.55. The number of nitrogens with zero attached hydrogens (tertiary/aromatic N) is 1. The van der Waals surface area contributed by atoms with Crippen LogP contribution in [0.3, 0.4) is 0 Å². The van der Waals surface area contributed by atoms with Gasteiger partial charge >= 0.3 is 6.18 Å². The lowest BCUT2D eigenvalue weighted by atomic mass is 9.97. The predicted molar refractivity (Wildman–Crippen MR) is 66.1 cm³/mol. The second-order valence-corrected chi connectivity index (χ2v) is 4.46. The molecule has 0 saturated carbocycles. The minimum absolute atomic E-state index is 0. The molecule has 3 nitrogen and oxygen atoms in total. The molecule has 0 heterocycles. The molecule has 0 spiro atoms. The Morgan fingerprint density at radius 3 is 2.28 bits per heavy atom. The van der Waals surface area contributed by atoms with E-state index in [1.54, 1.807) is 0 Å². The molecule has 0 saturated heterocycles. The van der Waals surface area contributed by atoms with Gasteiger partial charge in [-0.05, 0) is 17.7 Å². The Hall–Kier alpha value is -0.880. The highest BCUT2D eigenvalue weighted by Gasteiger charge is 2.56. The van der Waals surface area contributed by atoms with Crippen LogP contribution in [-0.4, -0.2) is 17.6 Å². The summed E-state index contributed by atoms with van der Waals surface area (Å²) in [6, 6.07) is 3.70. The van der Waals surface area contributed by atoms with E-state index in [1.807, 2.05) is 0 Å². The summed E-state index contributed by atoms with van der Waals surface area (Å²) in [4.78, 5) is 9.24. The Morgan fingerprint density at radius 1 is 1.33 bits per heavy atom. The van der Waals surface area contributed by atoms with Crippen molar-refractivity contribution in [1.82, 2.24) is 0 Å². The largest absolute Gasteiger partial charge is 0.408 e. The summed E-state index contributed by atoms with van der Waals surface area (Å²) in [6.07, 6.45) is -4.86. The lowest BCUT2D eigenvalue weighted by Gasteiger charge is -2.28. The van der Waals surface area contributed by atoms with Crippen molar-refractivity contribution in [2.45, 2.75) is 11.3 Å². The smallest absolute Gasteiger partial charge is 0.264 e. The van der Waals surface area contributed by atoms with Gasteiger partial charge in [-0.3, -0.25) is 10.1 Å². The minimum atomic E-state index is -4.86. The molecule has 0 aliphatic rings. The fourth-order valence-electron chi connectivity index (χ4n) is 1.31. The second kappa shape index (κ2) is 5.84. The quantitative estimate of drug-likeness (QED) is 0.373. The van der Waals surface area contributed by atoms with Crippen molar-refractivity contribution in [2.24, 2.45) is 0 Å². The molecule has 18 heavy (non-hydrogen) atoms. The zero-order valence-electron chi connectivity index (χ0n) is 8.87. The SMILES string of the molecule is O=[N+]([O-])CC(P)(c1cccc(F)c1)C(F)(F)F.S. The van der Waals surface area contributed by atoms with Crippen molar-refractivity contribution >= 4 is 22.7 Å². The van der Waals surface area contributed by atoms with Gasteiger partial charge in [-0.15, -0.1) is 9.24 Å². The minimum Gasteiger partial charge on any atom is -0.264 e. The standard InChI is InChI=1S/C9H8F4NO2P.H2S/c10-7-3-1-2-6(4-7)8(17,5-14(15)16)9(11,12)13;/h1-4H,5,17H2;1H2. The summed E-state index contributed by atoms with van der Waals surface area (Å²) < 4.78 is 51.4. The van der Waals surface area contributed by atoms with Crippen molar-refractivity contribution < 1.29 is 22.5 Å². The summed E-state index contributed by atoms with van der Waals surface area (Å²) in [5.74, 6) is -0.873. The molecule has 0 aliphatic carbocycles. The highest BCUT2D eigenvalue weighted by atomic mass is 32.1. The van der Waals surface area contributed by atoms with Crippen LogP contribution in [0.5, 0.6) is 0 Å². The van der Waals surface area contributed by atoms with Crippen molar-refractivity contribution in [3.05, 3.63) is 45.8 Å². The fraction of sp³-hybridized carbons (Fsp3) is 0.333. The van der Waals surface area contributed by atoms with Crippen molar-refractivity contribution in [2.75, 3.05) is 6.54 Å². The van der Waals surface area contributed by atoms with Crippen LogP contribution in [0, 0.1) is 15.9 Å². The molecule has 2 atom stereocenters. The van der Waals surface area contributed by atoms with E-state index in [0.29, 0.717) is 6.07 Å². The van der Waals surface area contributed by atoms with Gasteiger partial charge in [-0.2, -0.15) is 26.7 Å². The van der Waals surface area contributed by atoms with Crippen LogP contribution in [0.25, 0.3) is 0 Å². The molecule has 0 aliphatic heterocycles. The van der Waals surface area contributed by atoms with Crippen LogP contribution in [-0.2, 0) is 5.16 Å². The van der Waals surface area contributed by atoms with Gasteiger partial charge in [-0.1, -0.05) is 12.1 Å². The maximum atomic E-state index is 12.9. The first-order valence-corrected chi connectivity index (χ1v) is 4.98. The van der Waals surface area contributed by atoms with E-state index >= 15 is 0 Å². The third kappa shape index (κ3) is 3.55. The summed E-state index contributed by atoms with van der Waals surface area (Å²) in [5.41, 5.74) is -0.494. The molecule has 9 heteroatoms. The summed E-state index contributed by atoms with van der Waals surface area (Å²) >= 11 is 0. The normalized spacial score (nSPS) is 14.5. The number of halogens is 4. The van der Waals surface area contributed by atoms with Gasteiger partial charge in [0, 0.05) is 4.92 Å². The van der Waals surface area contributed by atoms with Crippen LogP contribution >= 0.6 is 22.7 Å².